The molecule has 3 N–H and O–H groups in total. The zero-order chi connectivity index (χ0) is 11.7. The molecule has 0 aliphatic heterocycles. The highest BCUT2D eigenvalue weighted by atomic mass is 16.3. The van der Waals surface area contributed by atoms with Gasteiger partial charge in [-0.3, -0.25) is 4.40 Å². The molecule has 2 aromatic rings. The van der Waals surface area contributed by atoms with Gasteiger partial charge in [-0.05, 0) is 20.3 Å². The van der Waals surface area contributed by atoms with Crippen molar-refractivity contribution in [1.82, 2.24) is 14.4 Å². The quantitative estimate of drug-likeness (QED) is 0.799. The first-order chi connectivity index (χ1) is 7.63. The minimum atomic E-state index is -0.217. The van der Waals surface area contributed by atoms with Crippen molar-refractivity contribution in [3.8, 4) is 0 Å². The lowest BCUT2D eigenvalue weighted by atomic mass is 10.1. The summed E-state index contributed by atoms with van der Waals surface area (Å²) in [4.78, 5) is 8.70. The molecular weight excluding hydrogens is 204 g/mol. The molecule has 0 bridgehead atoms. The van der Waals surface area contributed by atoms with Crippen LogP contribution in [0, 0.1) is 13.8 Å². The van der Waals surface area contributed by atoms with Crippen LogP contribution in [-0.2, 0) is 0 Å². The highest BCUT2D eigenvalue weighted by Crippen LogP contribution is 2.19. The first-order valence-corrected chi connectivity index (χ1v) is 5.31. The summed E-state index contributed by atoms with van der Waals surface area (Å²) < 4.78 is 1.92. The highest BCUT2D eigenvalue weighted by Gasteiger charge is 2.14. The van der Waals surface area contributed by atoms with E-state index < -0.39 is 0 Å². The number of nitrogens with two attached hydrogens (primary N) is 1. The summed E-state index contributed by atoms with van der Waals surface area (Å²) in [6, 6.07) is 1.70. The third-order valence-electron chi connectivity index (χ3n) is 2.72. The molecule has 1 atom stereocenters. The van der Waals surface area contributed by atoms with Gasteiger partial charge in [0.1, 0.15) is 12.0 Å². The lowest BCUT2D eigenvalue weighted by Gasteiger charge is -2.07. The second kappa shape index (κ2) is 4.19. The molecule has 0 fully saturated rings. The molecule has 2 heterocycles. The average Bonchev–Trinajstić information content (AvgIpc) is 2.56. The molecule has 0 aliphatic rings. The van der Waals surface area contributed by atoms with Crippen molar-refractivity contribution in [3.63, 3.8) is 0 Å². The van der Waals surface area contributed by atoms with Gasteiger partial charge in [-0.1, -0.05) is 0 Å². The van der Waals surface area contributed by atoms with Gasteiger partial charge in [0.15, 0.2) is 0 Å². The van der Waals surface area contributed by atoms with Crippen molar-refractivity contribution in [2.45, 2.75) is 26.3 Å². The average molecular weight is 220 g/mol. The van der Waals surface area contributed by atoms with Gasteiger partial charge in [-0.25, -0.2) is 9.97 Å². The standard InChI is InChI=1S/C11H16N4O/c1-7-5-10-14-11(9(12)3-4-16)8(2)15(10)6-13-7/h5-6,9,16H,3-4,12H2,1-2H3. The van der Waals surface area contributed by atoms with Gasteiger partial charge in [-0.15, -0.1) is 0 Å². The Kier molecular flexibility index (Phi) is 2.89. The van der Waals surface area contributed by atoms with E-state index in [-0.39, 0.29) is 12.6 Å². The van der Waals surface area contributed by atoms with Crippen LogP contribution in [-0.4, -0.2) is 26.1 Å². The monoisotopic (exact) mass is 220 g/mol. The maximum absolute atomic E-state index is 8.88. The molecule has 0 spiro atoms. The van der Waals surface area contributed by atoms with Crippen molar-refractivity contribution in [3.05, 3.63) is 29.5 Å². The predicted molar refractivity (Wildman–Crippen MR) is 61.1 cm³/mol. The van der Waals surface area contributed by atoms with E-state index >= 15 is 0 Å². The summed E-state index contributed by atoms with van der Waals surface area (Å²) in [6.07, 6.45) is 2.28. The number of aryl methyl sites for hydroxylation is 2. The van der Waals surface area contributed by atoms with Gasteiger partial charge >= 0.3 is 0 Å². The molecule has 0 aliphatic carbocycles. The first kappa shape index (κ1) is 11.0. The molecule has 16 heavy (non-hydrogen) atoms. The first-order valence-electron chi connectivity index (χ1n) is 5.31. The number of aliphatic hydroxyl groups excluding tert-OH is 1. The SMILES string of the molecule is Cc1cc2nc(C(N)CCO)c(C)n2cn1. The Hall–Kier alpha value is -1.46. The van der Waals surface area contributed by atoms with Gasteiger partial charge in [0.25, 0.3) is 0 Å². The van der Waals surface area contributed by atoms with Crippen LogP contribution >= 0.6 is 0 Å². The molecule has 0 amide bonds. The molecule has 1 unspecified atom stereocenters. The van der Waals surface area contributed by atoms with E-state index in [9.17, 15) is 0 Å². The van der Waals surface area contributed by atoms with Crippen LogP contribution in [0.1, 0.15) is 29.5 Å². The van der Waals surface area contributed by atoms with E-state index in [4.69, 9.17) is 10.8 Å². The molecule has 0 radical (unpaired) electrons. The fourth-order valence-corrected chi connectivity index (χ4v) is 1.80. The van der Waals surface area contributed by atoms with Crippen LogP contribution in [0.25, 0.3) is 5.65 Å². The number of aromatic nitrogens is 3. The van der Waals surface area contributed by atoms with Crippen LogP contribution in [0.4, 0.5) is 0 Å². The Morgan fingerprint density at radius 3 is 2.94 bits per heavy atom. The van der Waals surface area contributed by atoms with Gasteiger partial charge in [0.05, 0.1) is 11.7 Å². The van der Waals surface area contributed by atoms with Crippen molar-refractivity contribution in [1.29, 1.82) is 0 Å². The normalized spacial score (nSPS) is 13.2. The summed E-state index contributed by atoms with van der Waals surface area (Å²) in [6.45, 7) is 3.96. The maximum atomic E-state index is 8.88. The molecule has 86 valence electrons. The van der Waals surface area contributed by atoms with E-state index in [1.54, 1.807) is 6.33 Å². The topological polar surface area (TPSA) is 76.4 Å². The Bertz CT molecular complexity index is 506. The minimum Gasteiger partial charge on any atom is -0.396 e. The fraction of sp³-hybridized carbons (Fsp3) is 0.455. The van der Waals surface area contributed by atoms with E-state index in [1.165, 1.54) is 0 Å². The molecule has 5 heteroatoms. The van der Waals surface area contributed by atoms with Crippen LogP contribution < -0.4 is 5.73 Å². The lowest BCUT2D eigenvalue weighted by molar-refractivity contribution is 0.275. The molecular formula is C11H16N4O. The van der Waals surface area contributed by atoms with Gasteiger partial charge in [-0.2, -0.15) is 0 Å². The minimum absolute atomic E-state index is 0.0752. The van der Waals surface area contributed by atoms with Gasteiger partial charge in [0, 0.05) is 24.1 Å². The summed E-state index contributed by atoms with van der Waals surface area (Å²) >= 11 is 0. The zero-order valence-corrected chi connectivity index (χ0v) is 9.51. The van der Waals surface area contributed by atoms with Crippen LogP contribution in [0.3, 0.4) is 0 Å². The number of nitrogens with zero attached hydrogens (tertiary/aromatic N) is 3. The van der Waals surface area contributed by atoms with E-state index in [1.807, 2.05) is 24.3 Å². The summed E-state index contributed by atoms with van der Waals surface area (Å²) in [5.41, 5.74) is 9.56. The number of hydrogen-bond donors (Lipinski definition) is 2. The number of imidazole rings is 1. The lowest BCUT2D eigenvalue weighted by Crippen LogP contribution is -2.13. The second-order valence-corrected chi connectivity index (χ2v) is 3.96. The Labute approximate surface area is 93.9 Å². The van der Waals surface area contributed by atoms with E-state index in [0.717, 1.165) is 22.7 Å². The molecule has 0 saturated carbocycles. The van der Waals surface area contributed by atoms with Crippen LogP contribution in [0.15, 0.2) is 12.4 Å². The summed E-state index contributed by atoms with van der Waals surface area (Å²) in [7, 11) is 0. The second-order valence-electron chi connectivity index (χ2n) is 3.96. The van der Waals surface area contributed by atoms with Crippen molar-refractivity contribution in [2.75, 3.05) is 6.61 Å². The molecule has 5 nitrogen and oxygen atoms in total. The summed E-state index contributed by atoms with van der Waals surface area (Å²) in [5, 5.41) is 8.88. The highest BCUT2D eigenvalue weighted by molar-refractivity contribution is 5.44. The van der Waals surface area contributed by atoms with Crippen molar-refractivity contribution < 1.29 is 5.11 Å². The van der Waals surface area contributed by atoms with Gasteiger partial charge in [0.2, 0.25) is 0 Å². The Morgan fingerprint density at radius 1 is 1.50 bits per heavy atom. The largest absolute Gasteiger partial charge is 0.396 e. The van der Waals surface area contributed by atoms with Crippen molar-refractivity contribution >= 4 is 5.65 Å². The van der Waals surface area contributed by atoms with Crippen molar-refractivity contribution in [2.24, 2.45) is 5.73 Å². The number of aliphatic hydroxyl groups is 1. The van der Waals surface area contributed by atoms with E-state index in [2.05, 4.69) is 9.97 Å². The Morgan fingerprint density at radius 2 is 2.25 bits per heavy atom. The maximum Gasteiger partial charge on any atom is 0.140 e. The van der Waals surface area contributed by atoms with Gasteiger partial charge < -0.3 is 10.8 Å². The molecule has 2 rings (SSSR count). The predicted octanol–water partition coefficient (Wildman–Crippen LogP) is 0.728. The van der Waals surface area contributed by atoms with Crippen LogP contribution in [0.2, 0.25) is 0 Å². The fourth-order valence-electron chi connectivity index (χ4n) is 1.80. The summed E-state index contributed by atoms with van der Waals surface area (Å²) in [5.74, 6) is 0. The third-order valence-corrected chi connectivity index (χ3v) is 2.72. The zero-order valence-electron chi connectivity index (χ0n) is 9.51. The number of fused-ring (bicyclic) bond motifs is 1. The number of rotatable bonds is 3. The number of hydrogen-bond acceptors (Lipinski definition) is 4. The molecule has 0 saturated heterocycles. The molecule has 0 aromatic carbocycles. The Balaban J connectivity index is 2.51. The third kappa shape index (κ3) is 1.79. The van der Waals surface area contributed by atoms with E-state index in [0.29, 0.717) is 6.42 Å². The smallest absolute Gasteiger partial charge is 0.140 e. The molecule has 2 aromatic heterocycles. The van der Waals surface area contributed by atoms with Crippen LogP contribution in [0.5, 0.6) is 0 Å².